The van der Waals surface area contributed by atoms with Crippen LogP contribution in [0.3, 0.4) is 0 Å². The van der Waals surface area contributed by atoms with E-state index < -0.39 is 0 Å². The number of hydrogen-bond acceptors (Lipinski definition) is 6. The van der Waals surface area contributed by atoms with E-state index in [0.717, 1.165) is 16.5 Å². The molecular formula is C18H18BrN5O2. The van der Waals surface area contributed by atoms with Crippen LogP contribution in [0.25, 0.3) is 0 Å². The van der Waals surface area contributed by atoms with E-state index in [4.69, 9.17) is 9.47 Å². The van der Waals surface area contributed by atoms with Crippen LogP contribution in [0.4, 0.5) is 5.95 Å². The molecule has 1 aliphatic rings. The quantitative estimate of drug-likeness (QED) is 0.701. The normalized spacial score (nSPS) is 18.7. The van der Waals surface area contributed by atoms with E-state index in [1.165, 1.54) is 5.56 Å². The van der Waals surface area contributed by atoms with Gasteiger partial charge in [0.1, 0.15) is 0 Å². The van der Waals surface area contributed by atoms with Crippen molar-refractivity contribution in [3.63, 3.8) is 0 Å². The highest BCUT2D eigenvalue weighted by atomic mass is 79.9. The number of fused-ring (bicyclic) bond motifs is 1. The van der Waals surface area contributed by atoms with Crippen molar-refractivity contribution in [3.8, 4) is 11.5 Å². The summed E-state index contributed by atoms with van der Waals surface area (Å²) in [5.74, 6) is 2.04. The first-order valence-electron chi connectivity index (χ1n) is 8.22. The molecule has 0 amide bonds. The highest BCUT2D eigenvalue weighted by Gasteiger charge is 2.33. The molecule has 3 aromatic rings. The molecule has 8 heteroatoms. The van der Waals surface area contributed by atoms with Crippen molar-refractivity contribution in [2.24, 2.45) is 0 Å². The Morgan fingerprint density at radius 3 is 2.65 bits per heavy atom. The van der Waals surface area contributed by atoms with Gasteiger partial charge < -0.3 is 14.8 Å². The first-order valence-corrected chi connectivity index (χ1v) is 9.01. The summed E-state index contributed by atoms with van der Waals surface area (Å²) in [6.07, 6.45) is 0.781. The number of para-hydroxylation sites is 1. The molecule has 1 aliphatic heterocycles. The van der Waals surface area contributed by atoms with E-state index in [2.05, 4.69) is 48.9 Å². The predicted octanol–water partition coefficient (Wildman–Crippen LogP) is 3.60. The van der Waals surface area contributed by atoms with Crippen molar-refractivity contribution in [2.45, 2.75) is 18.5 Å². The minimum absolute atomic E-state index is 0.0695. The molecule has 2 aromatic carbocycles. The van der Waals surface area contributed by atoms with Crippen LogP contribution in [0, 0.1) is 0 Å². The van der Waals surface area contributed by atoms with Crippen LogP contribution >= 0.6 is 15.9 Å². The van der Waals surface area contributed by atoms with Gasteiger partial charge in [-0.1, -0.05) is 45.3 Å². The Kier molecular flexibility index (Phi) is 4.50. The maximum Gasteiger partial charge on any atom is 0.243 e. The third-order valence-corrected chi connectivity index (χ3v) is 5.14. The van der Waals surface area contributed by atoms with Gasteiger partial charge in [0, 0.05) is 10.0 Å². The summed E-state index contributed by atoms with van der Waals surface area (Å²) in [5.41, 5.74) is 2.17. The molecule has 0 spiro atoms. The van der Waals surface area contributed by atoms with Crippen molar-refractivity contribution >= 4 is 21.9 Å². The molecular weight excluding hydrogens is 398 g/mol. The lowest BCUT2D eigenvalue weighted by Gasteiger charge is -2.32. The fourth-order valence-electron chi connectivity index (χ4n) is 3.38. The second kappa shape index (κ2) is 6.95. The van der Waals surface area contributed by atoms with E-state index in [1.807, 2.05) is 30.3 Å². The molecule has 0 fully saturated rings. The molecule has 2 heterocycles. The molecule has 7 nitrogen and oxygen atoms in total. The Morgan fingerprint density at radius 1 is 1.12 bits per heavy atom. The van der Waals surface area contributed by atoms with Gasteiger partial charge in [0.2, 0.25) is 5.95 Å². The number of benzene rings is 2. The second-order valence-corrected chi connectivity index (χ2v) is 6.95. The summed E-state index contributed by atoms with van der Waals surface area (Å²) in [7, 11) is 3.28. The first-order chi connectivity index (χ1) is 12.7. The van der Waals surface area contributed by atoms with Crippen LogP contribution < -0.4 is 14.8 Å². The summed E-state index contributed by atoms with van der Waals surface area (Å²) < 4.78 is 13.9. The first kappa shape index (κ1) is 16.8. The fraction of sp³-hybridized carbons (Fsp3) is 0.278. The van der Waals surface area contributed by atoms with E-state index in [1.54, 1.807) is 18.9 Å². The van der Waals surface area contributed by atoms with Crippen molar-refractivity contribution in [1.29, 1.82) is 0 Å². The van der Waals surface area contributed by atoms with Gasteiger partial charge in [-0.2, -0.15) is 0 Å². The van der Waals surface area contributed by atoms with Crippen molar-refractivity contribution in [3.05, 3.63) is 58.1 Å². The highest BCUT2D eigenvalue weighted by Crippen LogP contribution is 2.43. The summed E-state index contributed by atoms with van der Waals surface area (Å²) in [6, 6.07) is 14.2. The van der Waals surface area contributed by atoms with Gasteiger partial charge in [0.05, 0.1) is 26.3 Å². The van der Waals surface area contributed by atoms with Crippen molar-refractivity contribution in [2.75, 3.05) is 19.5 Å². The van der Waals surface area contributed by atoms with Gasteiger partial charge >= 0.3 is 0 Å². The molecule has 0 radical (unpaired) electrons. The monoisotopic (exact) mass is 415 g/mol. The third-order valence-electron chi connectivity index (χ3n) is 4.62. The Morgan fingerprint density at radius 2 is 1.92 bits per heavy atom. The number of aromatic nitrogens is 4. The van der Waals surface area contributed by atoms with E-state index in [0.29, 0.717) is 17.4 Å². The van der Waals surface area contributed by atoms with E-state index >= 15 is 0 Å². The molecule has 26 heavy (non-hydrogen) atoms. The molecule has 1 aromatic heterocycles. The zero-order chi connectivity index (χ0) is 18.1. The molecule has 134 valence electrons. The van der Waals surface area contributed by atoms with Gasteiger partial charge in [-0.25, -0.2) is 4.68 Å². The average molecular weight is 416 g/mol. The van der Waals surface area contributed by atoms with Gasteiger partial charge in [-0.3, -0.25) is 0 Å². The smallest absolute Gasteiger partial charge is 0.243 e. The van der Waals surface area contributed by atoms with Crippen LogP contribution in [-0.4, -0.2) is 34.4 Å². The minimum atomic E-state index is -0.0695. The summed E-state index contributed by atoms with van der Waals surface area (Å²) in [6.45, 7) is 0. The number of methoxy groups -OCH3 is 2. The number of rotatable bonds is 4. The SMILES string of the molecule is COc1cccc([C@@H]2C[C@H](c3ccc(Br)cc3)Nc3nnnn32)c1OC. The van der Waals surface area contributed by atoms with Crippen LogP contribution in [-0.2, 0) is 0 Å². The maximum atomic E-state index is 5.64. The maximum absolute atomic E-state index is 5.64. The second-order valence-electron chi connectivity index (χ2n) is 6.03. The average Bonchev–Trinajstić information content (AvgIpc) is 3.15. The van der Waals surface area contributed by atoms with Gasteiger partial charge in [0.15, 0.2) is 11.5 Å². The number of nitrogens with one attached hydrogen (secondary N) is 1. The Balaban J connectivity index is 1.78. The van der Waals surface area contributed by atoms with E-state index in [-0.39, 0.29) is 12.1 Å². The largest absolute Gasteiger partial charge is 0.493 e. The summed E-state index contributed by atoms with van der Waals surface area (Å²) in [5, 5.41) is 15.6. The molecule has 1 N–H and O–H groups in total. The molecule has 2 atom stereocenters. The Bertz CT molecular complexity index is 912. The molecule has 0 unspecified atom stereocenters. The third kappa shape index (κ3) is 2.90. The van der Waals surface area contributed by atoms with Crippen LogP contribution in [0.5, 0.6) is 11.5 Å². The molecule has 0 aliphatic carbocycles. The predicted molar refractivity (Wildman–Crippen MR) is 101 cm³/mol. The van der Waals surface area contributed by atoms with Gasteiger partial charge in [-0.15, -0.1) is 0 Å². The van der Waals surface area contributed by atoms with Crippen LogP contribution in [0.1, 0.15) is 29.6 Å². The Hall–Kier alpha value is -2.61. The zero-order valence-corrected chi connectivity index (χ0v) is 16.0. The summed E-state index contributed by atoms with van der Waals surface area (Å²) >= 11 is 3.49. The van der Waals surface area contributed by atoms with Gasteiger partial charge in [-0.05, 0) is 40.6 Å². The van der Waals surface area contributed by atoms with E-state index in [9.17, 15) is 0 Å². The van der Waals surface area contributed by atoms with Crippen LogP contribution in [0.15, 0.2) is 46.9 Å². The number of nitrogens with zero attached hydrogens (tertiary/aromatic N) is 4. The highest BCUT2D eigenvalue weighted by molar-refractivity contribution is 9.10. The molecule has 0 saturated carbocycles. The molecule has 0 saturated heterocycles. The topological polar surface area (TPSA) is 74.1 Å². The van der Waals surface area contributed by atoms with Crippen LogP contribution in [0.2, 0.25) is 0 Å². The lowest BCUT2D eigenvalue weighted by Crippen LogP contribution is -2.28. The van der Waals surface area contributed by atoms with Crippen molar-refractivity contribution in [1.82, 2.24) is 20.2 Å². The fourth-order valence-corrected chi connectivity index (χ4v) is 3.65. The number of tetrazole rings is 1. The number of ether oxygens (including phenoxy) is 2. The Labute approximate surface area is 159 Å². The molecule has 0 bridgehead atoms. The van der Waals surface area contributed by atoms with Crippen molar-refractivity contribution < 1.29 is 9.47 Å². The lowest BCUT2D eigenvalue weighted by atomic mass is 9.92. The number of anilines is 1. The number of hydrogen-bond donors (Lipinski definition) is 1. The van der Waals surface area contributed by atoms with Gasteiger partial charge in [0.25, 0.3) is 0 Å². The minimum Gasteiger partial charge on any atom is -0.493 e. The number of halogens is 1. The lowest BCUT2D eigenvalue weighted by molar-refractivity contribution is 0.339. The molecule has 4 rings (SSSR count). The zero-order valence-electron chi connectivity index (χ0n) is 14.4. The summed E-state index contributed by atoms with van der Waals surface area (Å²) in [4.78, 5) is 0. The standard InChI is InChI=1S/C18H18BrN5O2/c1-25-16-5-3-4-13(17(16)26-2)15-10-14(11-6-8-12(19)9-7-11)20-18-21-22-23-24(15)18/h3-9,14-15H,10H2,1-2H3,(H,20,21,23)/t14-,15+/m1/s1.